The Morgan fingerprint density at radius 2 is 1.37 bits per heavy atom. The molecule has 0 fully saturated rings. The normalized spacial score (nSPS) is 11.1. The van der Waals surface area contributed by atoms with Crippen LogP contribution >= 0.6 is 43.2 Å². The second kappa shape index (κ2) is 11.3. The van der Waals surface area contributed by atoms with Gasteiger partial charge in [0.25, 0.3) is 0 Å². The average Bonchev–Trinajstić information content (AvgIpc) is 2.72. The molecule has 1 rings (SSSR count). The van der Waals surface area contributed by atoms with Gasteiger partial charge >= 0.3 is 0 Å². The molecule has 0 saturated carbocycles. The van der Waals surface area contributed by atoms with Gasteiger partial charge in [-0.1, -0.05) is 64.7 Å². The number of unbranched alkanes of at least 4 members (excludes halogenated alkanes) is 9. The zero-order valence-electron chi connectivity index (χ0n) is 12.0. The molecule has 0 aliphatic heterocycles. The summed E-state index contributed by atoms with van der Waals surface area (Å²) in [6.45, 7) is 2.28. The molecule has 0 nitrogen and oxygen atoms in total. The first-order valence-corrected chi connectivity index (χ1v) is 10.1. The molecule has 0 saturated heterocycles. The van der Waals surface area contributed by atoms with E-state index in [9.17, 15) is 0 Å². The maximum Gasteiger partial charge on any atom is 0.0742 e. The van der Waals surface area contributed by atoms with Crippen molar-refractivity contribution in [1.29, 1.82) is 0 Å². The summed E-state index contributed by atoms with van der Waals surface area (Å²) < 4.78 is 2.58. The summed E-state index contributed by atoms with van der Waals surface area (Å²) in [7, 11) is 0. The summed E-state index contributed by atoms with van der Waals surface area (Å²) in [4.78, 5) is 0. The highest BCUT2D eigenvalue weighted by atomic mass is 79.9. The van der Waals surface area contributed by atoms with Gasteiger partial charge in [-0.3, -0.25) is 0 Å². The Labute approximate surface area is 139 Å². The highest BCUT2D eigenvalue weighted by Crippen LogP contribution is 2.33. The second-order valence-corrected chi connectivity index (χ2v) is 8.32. The Bertz CT molecular complexity index is 314. The maximum absolute atomic E-state index is 3.63. The fourth-order valence-corrected chi connectivity index (χ4v) is 4.82. The van der Waals surface area contributed by atoms with Crippen LogP contribution in [0.4, 0.5) is 0 Å². The number of hydrogen-bond donors (Lipinski definition) is 0. The molecule has 3 heteroatoms. The predicted octanol–water partition coefficient (Wildman–Crippen LogP) is 7.74. The summed E-state index contributed by atoms with van der Waals surface area (Å²) >= 11 is 9.03. The lowest BCUT2D eigenvalue weighted by Crippen LogP contribution is -1.86. The van der Waals surface area contributed by atoms with Crippen LogP contribution in [-0.2, 0) is 6.42 Å². The first-order chi connectivity index (χ1) is 9.25. The van der Waals surface area contributed by atoms with Gasteiger partial charge in [0.2, 0.25) is 0 Å². The minimum atomic E-state index is 1.21. The van der Waals surface area contributed by atoms with Gasteiger partial charge in [-0.15, -0.1) is 11.3 Å². The fourth-order valence-electron chi connectivity index (χ4n) is 2.35. The van der Waals surface area contributed by atoms with Crippen molar-refractivity contribution in [3.8, 4) is 0 Å². The molecule has 0 aliphatic rings. The van der Waals surface area contributed by atoms with Crippen molar-refractivity contribution >= 4 is 43.2 Å². The van der Waals surface area contributed by atoms with E-state index >= 15 is 0 Å². The number of hydrogen-bond acceptors (Lipinski definition) is 1. The van der Waals surface area contributed by atoms with Gasteiger partial charge in [0.05, 0.1) is 3.79 Å². The summed E-state index contributed by atoms with van der Waals surface area (Å²) in [6.07, 6.45) is 15.3. The predicted molar refractivity (Wildman–Crippen MR) is 95.3 cm³/mol. The lowest BCUT2D eigenvalue weighted by atomic mass is 10.0. The standard InChI is InChI=1S/C16H26Br2S/c1-2-3-4-5-6-7-8-9-10-11-12-14-15(17)13-19-16(14)18/h13H,2-12H2,1H3. The zero-order valence-corrected chi connectivity index (χ0v) is 16.0. The quantitative estimate of drug-likeness (QED) is 0.328. The third-order valence-corrected chi connectivity index (χ3v) is 6.43. The smallest absolute Gasteiger partial charge is 0.0742 e. The van der Waals surface area contributed by atoms with Crippen molar-refractivity contribution in [3.63, 3.8) is 0 Å². The highest BCUT2D eigenvalue weighted by Gasteiger charge is 2.06. The Hall–Kier alpha value is 0.660. The molecule has 0 atom stereocenters. The van der Waals surface area contributed by atoms with Crippen molar-refractivity contribution in [2.24, 2.45) is 0 Å². The Morgan fingerprint density at radius 3 is 1.84 bits per heavy atom. The minimum Gasteiger partial charge on any atom is -0.135 e. The minimum absolute atomic E-state index is 1.21. The molecule has 0 radical (unpaired) electrons. The van der Waals surface area contributed by atoms with Crippen LogP contribution < -0.4 is 0 Å². The first-order valence-electron chi connectivity index (χ1n) is 7.67. The van der Waals surface area contributed by atoms with E-state index in [1.807, 2.05) is 0 Å². The molecular formula is C16H26Br2S. The molecule has 0 aliphatic carbocycles. The molecule has 1 aromatic heterocycles. The van der Waals surface area contributed by atoms with Crippen LogP contribution in [0.25, 0.3) is 0 Å². The van der Waals surface area contributed by atoms with Gasteiger partial charge in [-0.25, -0.2) is 0 Å². The third kappa shape index (κ3) is 7.87. The molecule has 0 aromatic carbocycles. The fraction of sp³-hybridized carbons (Fsp3) is 0.750. The molecule has 19 heavy (non-hydrogen) atoms. The van der Waals surface area contributed by atoms with E-state index in [0.717, 1.165) is 0 Å². The van der Waals surface area contributed by atoms with Gasteiger partial charge < -0.3 is 0 Å². The maximum atomic E-state index is 3.63. The topological polar surface area (TPSA) is 0 Å². The molecule has 0 amide bonds. The highest BCUT2D eigenvalue weighted by molar-refractivity contribution is 9.11. The van der Waals surface area contributed by atoms with E-state index in [4.69, 9.17) is 0 Å². The summed E-state index contributed by atoms with van der Waals surface area (Å²) in [6, 6.07) is 0. The van der Waals surface area contributed by atoms with E-state index in [1.165, 1.54) is 84.5 Å². The van der Waals surface area contributed by atoms with Gasteiger partial charge in [-0.2, -0.15) is 0 Å². The van der Waals surface area contributed by atoms with E-state index in [1.54, 1.807) is 11.3 Å². The summed E-state index contributed by atoms with van der Waals surface area (Å²) in [5.41, 5.74) is 1.46. The van der Waals surface area contributed by atoms with Crippen molar-refractivity contribution < 1.29 is 0 Å². The lowest BCUT2D eigenvalue weighted by molar-refractivity contribution is 0.556. The van der Waals surface area contributed by atoms with Gasteiger partial charge in [0.15, 0.2) is 0 Å². The first kappa shape index (κ1) is 17.7. The molecule has 110 valence electrons. The van der Waals surface area contributed by atoms with Crippen LogP contribution in [0.3, 0.4) is 0 Å². The SMILES string of the molecule is CCCCCCCCCCCCc1c(Br)csc1Br. The third-order valence-electron chi connectivity index (χ3n) is 3.57. The van der Waals surface area contributed by atoms with Crippen molar-refractivity contribution in [2.75, 3.05) is 0 Å². The van der Waals surface area contributed by atoms with Crippen molar-refractivity contribution in [1.82, 2.24) is 0 Å². The molecule has 0 bridgehead atoms. The van der Waals surface area contributed by atoms with Crippen molar-refractivity contribution in [2.45, 2.75) is 77.6 Å². The molecule has 0 unspecified atom stereocenters. The average molecular weight is 410 g/mol. The molecule has 1 heterocycles. The number of halogens is 2. The van der Waals surface area contributed by atoms with Crippen LogP contribution in [-0.4, -0.2) is 0 Å². The molecule has 1 aromatic rings. The van der Waals surface area contributed by atoms with E-state index in [2.05, 4.69) is 44.2 Å². The molecule has 0 N–H and O–H groups in total. The largest absolute Gasteiger partial charge is 0.135 e. The Kier molecular flexibility index (Phi) is 10.6. The Balaban J connectivity index is 1.92. The van der Waals surface area contributed by atoms with Crippen LogP contribution in [0.1, 0.15) is 76.7 Å². The van der Waals surface area contributed by atoms with Crippen LogP contribution in [0.15, 0.2) is 13.6 Å². The van der Waals surface area contributed by atoms with Gasteiger partial charge in [0, 0.05) is 9.85 Å². The van der Waals surface area contributed by atoms with E-state index < -0.39 is 0 Å². The van der Waals surface area contributed by atoms with E-state index in [-0.39, 0.29) is 0 Å². The van der Waals surface area contributed by atoms with Crippen molar-refractivity contribution in [3.05, 3.63) is 19.2 Å². The monoisotopic (exact) mass is 408 g/mol. The lowest BCUT2D eigenvalue weighted by Gasteiger charge is -2.03. The van der Waals surface area contributed by atoms with Crippen LogP contribution in [0.2, 0.25) is 0 Å². The summed E-state index contributed by atoms with van der Waals surface area (Å²) in [5, 5.41) is 2.18. The molecular weight excluding hydrogens is 384 g/mol. The summed E-state index contributed by atoms with van der Waals surface area (Å²) in [5.74, 6) is 0. The zero-order chi connectivity index (χ0) is 13.9. The van der Waals surface area contributed by atoms with Crippen LogP contribution in [0.5, 0.6) is 0 Å². The number of rotatable bonds is 11. The van der Waals surface area contributed by atoms with Gasteiger partial charge in [0.1, 0.15) is 0 Å². The number of thiophene rings is 1. The molecule has 0 spiro atoms. The second-order valence-electron chi connectivity index (χ2n) is 5.27. The Morgan fingerprint density at radius 1 is 0.842 bits per heavy atom. The van der Waals surface area contributed by atoms with Gasteiger partial charge in [-0.05, 0) is 50.3 Å². The van der Waals surface area contributed by atoms with Crippen LogP contribution in [0, 0.1) is 0 Å². The van der Waals surface area contributed by atoms with E-state index in [0.29, 0.717) is 0 Å².